The topological polar surface area (TPSA) is 327 Å². The Morgan fingerprint density at radius 2 is 0.947 bits per heavy atom. The van der Waals surface area contributed by atoms with Crippen molar-refractivity contribution >= 4 is 65.0 Å². The predicted molar refractivity (Wildman–Crippen MR) is 360 cm³/mol. The first-order chi connectivity index (χ1) is 44.0. The van der Waals surface area contributed by atoms with Gasteiger partial charge in [-0.25, -0.2) is 4.79 Å². The van der Waals surface area contributed by atoms with Gasteiger partial charge < -0.3 is 80.0 Å². The van der Waals surface area contributed by atoms with Crippen LogP contribution in [-0.2, 0) is 67.0 Å². The molecule has 0 aromatic carbocycles. The minimum absolute atomic E-state index is 0.0698. The lowest BCUT2D eigenvalue weighted by atomic mass is 9.91. The second-order valence-electron chi connectivity index (χ2n) is 29.6. The number of cyclic esters (lactones) is 1. The molecule has 0 aromatic rings. The largest absolute Gasteiger partial charge is 0.450 e. The fourth-order valence-corrected chi connectivity index (χ4v) is 12.0. The zero-order valence-corrected chi connectivity index (χ0v) is 61.9. The van der Waals surface area contributed by atoms with Crippen LogP contribution in [-0.4, -0.2) is 277 Å². The molecule has 0 bridgehead atoms. The van der Waals surface area contributed by atoms with Crippen molar-refractivity contribution in [3.8, 4) is 0 Å². The molecule has 10 amide bonds. The molecule has 2 aliphatic heterocycles. The van der Waals surface area contributed by atoms with Gasteiger partial charge in [0, 0.05) is 48.8 Å². The first kappa shape index (κ1) is 85.1. The van der Waals surface area contributed by atoms with Gasteiger partial charge in [-0.1, -0.05) is 104 Å². The van der Waals surface area contributed by atoms with Crippen molar-refractivity contribution in [1.29, 1.82) is 0 Å². The Morgan fingerprint density at radius 1 is 0.505 bits per heavy atom. The number of ether oxygens (including phenoxy) is 3. The highest BCUT2D eigenvalue weighted by Crippen LogP contribution is 2.25. The van der Waals surface area contributed by atoms with Crippen LogP contribution in [0.4, 0.5) is 0 Å². The molecule has 0 aliphatic carbocycles. The molecular weight excluding hydrogens is 1230 g/mol. The van der Waals surface area contributed by atoms with Crippen molar-refractivity contribution in [2.24, 2.45) is 47.3 Å². The molecule has 27 heteroatoms. The van der Waals surface area contributed by atoms with Gasteiger partial charge in [0.2, 0.25) is 53.2 Å². The van der Waals surface area contributed by atoms with E-state index in [9.17, 15) is 48.6 Å². The normalized spacial score (nSPS) is 27.3. The van der Waals surface area contributed by atoms with Gasteiger partial charge in [0.1, 0.15) is 54.4 Å². The van der Waals surface area contributed by atoms with Gasteiger partial charge in [-0.3, -0.25) is 47.9 Å². The summed E-state index contributed by atoms with van der Waals surface area (Å²) in [6.07, 6.45) is -4.16. The molecule has 14 atom stereocenters. The Hall–Kier alpha value is -6.03. The van der Waals surface area contributed by atoms with Crippen LogP contribution in [0.3, 0.4) is 0 Å². The van der Waals surface area contributed by atoms with E-state index in [4.69, 9.17) is 14.2 Å². The van der Waals surface area contributed by atoms with Gasteiger partial charge in [-0.05, 0) is 113 Å². The number of nitrogens with one attached hydrogen (secondary N) is 4. The van der Waals surface area contributed by atoms with E-state index in [2.05, 4.69) is 21.3 Å². The summed E-state index contributed by atoms with van der Waals surface area (Å²) in [5.41, 5.74) is 0. The Balaban J connectivity index is 3.02. The molecule has 0 spiro atoms. The zero-order valence-electron chi connectivity index (χ0n) is 61.9. The molecule has 2 aliphatic rings. The summed E-state index contributed by atoms with van der Waals surface area (Å²) in [6, 6.07) is -12.4. The van der Waals surface area contributed by atoms with Gasteiger partial charge in [0.25, 0.3) is 5.91 Å². The molecule has 2 heterocycles. The summed E-state index contributed by atoms with van der Waals surface area (Å²) in [4.78, 5) is 171. The third kappa shape index (κ3) is 25.7. The maximum Gasteiger partial charge on any atom is 0.329 e. The van der Waals surface area contributed by atoms with Crippen molar-refractivity contribution < 1.29 is 77.2 Å². The fraction of sp³-hybridized carbons (Fsp3) is 0.838. The van der Waals surface area contributed by atoms with Crippen molar-refractivity contribution in [3.63, 3.8) is 0 Å². The highest BCUT2D eigenvalue weighted by molar-refractivity contribution is 5.99. The van der Waals surface area contributed by atoms with Crippen LogP contribution in [0.5, 0.6) is 0 Å². The molecule has 2 saturated heterocycles. The summed E-state index contributed by atoms with van der Waals surface area (Å²) >= 11 is 0. The molecule has 0 radical (unpaired) electrons. The van der Waals surface area contributed by atoms with Gasteiger partial charge in [-0.2, -0.15) is 0 Å². The van der Waals surface area contributed by atoms with Crippen molar-refractivity contribution in [1.82, 2.24) is 55.6 Å². The lowest BCUT2D eigenvalue weighted by Crippen LogP contribution is -2.64. The molecule has 2 rings (SSSR count). The molecule has 6 N–H and O–H groups in total. The molecule has 546 valence electrons. The number of carbonyl (C=O) groups excluding carboxylic acids is 11. The second-order valence-corrected chi connectivity index (χ2v) is 29.6. The smallest absolute Gasteiger partial charge is 0.329 e. The van der Waals surface area contributed by atoms with E-state index in [1.165, 1.54) is 70.8 Å². The Morgan fingerprint density at radius 3 is 1.38 bits per heavy atom. The van der Waals surface area contributed by atoms with Crippen LogP contribution in [0.2, 0.25) is 0 Å². The molecule has 0 saturated carbocycles. The maximum atomic E-state index is 15.4. The number of amides is 10. The number of carbonyl (C=O) groups is 11. The summed E-state index contributed by atoms with van der Waals surface area (Å²) in [5.74, 6) is -11.7. The SMILES string of the molecule is CC(C)C[C@@H]1NC(=O)[C@H](CC(C)C)N(C)C(=O)CN(C)C(=O)[C@H]([C@@H](C)O)NC(=O)[C@H]([C@H](O)[C@H](C)CCN(C)CC2COCCO2)N(C)C(=O)[C@H](C(C)C)N(C)C(=O)[C@@H](CC(C)C)NC(=O)[C@H](CC(C)C)N(C)C(=O)[C@@H](C(C)C)OC(=O)[C@H](C)NC(=O)[C@H](CC(C)C)N(C)C1=O. The number of likely N-dealkylation sites (N-methyl/N-ethyl adjacent to an activating group) is 7. The van der Waals surface area contributed by atoms with Crippen LogP contribution in [0.15, 0.2) is 0 Å². The quantitative estimate of drug-likeness (QED) is 0.0951. The van der Waals surface area contributed by atoms with E-state index in [1.807, 2.05) is 81.2 Å². The minimum Gasteiger partial charge on any atom is -0.450 e. The number of esters is 1. The van der Waals surface area contributed by atoms with E-state index in [-0.39, 0.29) is 74.2 Å². The van der Waals surface area contributed by atoms with E-state index in [0.29, 0.717) is 32.9 Å². The maximum absolute atomic E-state index is 15.4. The predicted octanol–water partition coefficient (Wildman–Crippen LogP) is 2.12. The second kappa shape index (κ2) is 39.4. The van der Waals surface area contributed by atoms with Crippen LogP contribution in [0.25, 0.3) is 0 Å². The van der Waals surface area contributed by atoms with Crippen LogP contribution >= 0.6 is 0 Å². The number of nitrogens with zero attached hydrogens (tertiary/aromatic N) is 7. The van der Waals surface area contributed by atoms with Gasteiger partial charge in [0.05, 0.1) is 44.7 Å². The molecule has 27 nitrogen and oxygen atoms in total. The van der Waals surface area contributed by atoms with E-state index in [1.54, 1.807) is 34.6 Å². The van der Waals surface area contributed by atoms with E-state index >= 15 is 14.4 Å². The number of aliphatic hydroxyl groups is 2. The van der Waals surface area contributed by atoms with Gasteiger partial charge in [-0.15, -0.1) is 0 Å². The molecule has 95 heavy (non-hydrogen) atoms. The molecule has 2 fully saturated rings. The zero-order chi connectivity index (χ0) is 73.0. The third-order valence-corrected chi connectivity index (χ3v) is 17.7. The average Bonchev–Trinajstić information content (AvgIpc) is 0.820. The number of hydrogen-bond donors (Lipinski definition) is 6. The van der Waals surface area contributed by atoms with Crippen LogP contribution in [0.1, 0.15) is 156 Å². The molecule has 1 unspecified atom stereocenters. The Labute approximate surface area is 566 Å². The van der Waals surface area contributed by atoms with Crippen molar-refractivity contribution in [2.75, 3.05) is 88.8 Å². The Bertz CT molecular complexity index is 2540. The molecular formula is C68H123N11O16. The van der Waals surface area contributed by atoms with E-state index in [0.717, 1.165) is 14.7 Å². The van der Waals surface area contributed by atoms with Gasteiger partial charge in [0.15, 0.2) is 6.10 Å². The first-order valence-corrected chi connectivity index (χ1v) is 34.2. The summed E-state index contributed by atoms with van der Waals surface area (Å²) in [5, 5.41) is 34.8. The van der Waals surface area contributed by atoms with Gasteiger partial charge >= 0.3 is 5.97 Å². The lowest BCUT2D eigenvalue weighted by molar-refractivity contribution is -0.166. The number of rotatable bonds is 20. The van der Waals surface area contributed by atoms with Crippen LogP contribution < -0.4 is 21.3 Å². The van der Waals surface area contributed by atoms with Crippen molar-refractivity contribution in [3.05, 3.63) is 0 Å². The van der Waals surface area contributed by atoms with E-state index < -0.39 is 162 Å². The van der Waals surface area contributed by atoms with Crippen LogP contribution in [0, 0.1) is 47.3 Å². The monoisotopic (exact) mass is 1350 g/mol. The number of hydrogen-bond acceptors (Lipinski definition) is 17. The summed E-state index contributed by atoms with van der Waals surface area (Å²) in [6.45, 7) is 31.0. The fourth-order valence-electron chi connectivity index (χ4n) is 12.0. The Kier molecular flexibility index (Phi) is 35.3. The average molecular weight is 1350 g/mol. The highest BCUT2D eigenvalue weighted by atomic mass is 16.6. The lowest BCUT2D eigenvalue weighted by Gasteiger charge is -2.40. The minimum atomic E-state index is -1.78. The third-order valence-electron chi connectivity index (χ3n) is 17.7. The number of aliphatic hydroxyl groups excluding tert-OH is 2. The highest BCUT2D eigenvalue weighted by Gasteiger charge is 2.46. The molecule has 0 aromatic heterocycles. The summed E-state index contributed by atoms with van der Waals surface area (Å²) in [7, 11) is 10.0. The summed E-state index contributed by atoms with van der Waals surface area (Å²) < 4.78 is 17.3. The first-order valence-electron chi connectivity index (χ1n) is 34.2. The standard InChI is InChI=1S/C68H123N11O16/c1-37(2)29-48-63(87)76(21)51(32-40(7)8)59(83)69-45(16)68(92)95-58(43(13)14)67(91)77(22)52(33-41(9)10)61(85)71-49(30-38(3)4)64(88)78(23)55(42(11)12)66(90)79(24)56(57(82)44(15)25-26-73(18)34-47-36-93-27-28-94-47)62(86)72-54(46(17)80)65(89)74(19)35-53(81)75(20)50(31-39(5)6)60(84)70-48/h37-52,54-58,80,82H,25-36H2,1-24H3,(H,69,83)(H,70,84)(H,71,85)(H,72,86)/t44-,45+,46-,47?,48+,49-,50+,51+,52+,54+,55+,56+,57-,58-/m1/s1. The van der Waals surface area contributed by atoms with Crippen molar-refractivity contribution in [2.45, 2.75) is 235 Å².